The standard InChI is InChI=1S/C14H17ClFNO2/c15-10-7-6-9(8-11(10)16)14(19)17-12-4-2-1-3-5-13(12)18/h6-8,12-13,18H,1-5H2,(H,17,19). The van der Waals surface area contributed by atoms with E-state index in [0.717, 1.165) is 31.7 Å². The molecule has 104 valence electrons. The number of aliphatic hydroxyl groups excluding tert-OH is 1. The fourth-order valence-electron chi connectivity index (χ4n) is 2.35. The number of carbonyl (C=O) groups is 1. The summed E-state index contributed by atoms with van der Waals surface area (Å²) in [5.74, 6) is -0.989. The number of aliphatic hydroxyl groups is 1. The van der Waals surface area contributed by atoms with E-state index in [2.05, 4.69) is 5.32 Å². The predicted octanol–water partition coefficient (Wildman–Crippen LogP) is 2.90. The fourth-order valence-corrected chi connectivity index (χ4v) is 2.46. The van der Waals surface area contributed by atoms with Crippen LogP contribution in [0.4, 0.5) is 4.39 Å². The molecule has 0 spiro atoms. The third-order valence-electron chi connectivity index (χ3n) is 3.48. The minimum absolute atomic E-state index is 0.00829. The van der Waals surface area contributed by atoms with Crippen molar-refractivity contribution < 1.29 is 14.3 Å². The van der Waals surface area contributed by atoms with Gasteiger partial charge in [0.2, 0.25) is 0 Å². The van der Waals surface area contributed by atoms with Crippen LogP contribution in [0.15, 0.2) is 18.2 Å². The summed E-state index contributed by atoms with van der Waals surface area (Å²) in [6.45, 7) is 0. The Morgan fingerprint density at radius 1 is 1.32 bits per heavy atom. The van der Waals surface area contributed by atoms with Gasteiger partial charge in [-0.2, -0.15) is 0 Å². The van der Waals surface area contributed by atoms with Crippen molar-refractivity contribution in [2.75, 3.05) is 0 Å². The molecule has 1 aliphatic carbocycles. The zero-order valence-corrected chi connectivity index (χ0v) is 11.3. The van der Waals surface area contributed by atoms with Gasteiger partial charge in [-0.05, 0) is 31.0 Å². The Bertz CT molecular complexity index is 467. The van der Waals surface area contributed by atoms with Crippen molar-refractivity contribution >= 4 is 17.5 Å². The van der Waals surface area contributed by atoms with Gasteiger partial charge in [0.15, 0.2) is 0 Å². The molecule has 2 atom stereocenters. The Labute approximate surface area is 116 Å². The number of benzene rings is 1. The van der Waals surface area contributed by atoms with Crippen LogP contribution in [0.2, 0.25) is 5.02 Å². The summed E-state index contributed by atoms with van der Waals surface area (Å²) in [6.07, 6.45) is 3.95. The second-order valence-electron chi connectivity index (χ2n) is 4.91. The Balaban J connectivity index is 2.05. The van der Waals surface area contributed by atoms with Crippen LogP contribution in [0.25, 0.3) is 0 Å². The van der Waals surface area contributed by atoms with Gasteiger partial charge in [0.1, 0.15) is 5.82 Å². The van der Waals surface area contributed by atoms with Gasteiger partial charge in [0.05, 0.1) is 17.2 Å². The van der Waals surface area contributed by atoms with Gasteiger partial charge in [-0.15, -0.1) is 0 Å². The van der Waals surface area contributed by atoms with Gasteiger partial charge in [0.25, 0.3) is 5.91 Å². The first-order valence-corrected chi connectivity index (χ1v) is 6.89. The van der Waals surface area contributed by atoms with Gasteiger partial charge < -0.3 is 10.4 Å². The fraction of sp³-hybridized carbons (Fsp3) is 0.500. The summed E-state index contributed by atoms with van der Waals surface area (Å²) >= 11 is 5.58. The normalized spacial score (nSPS) is 23.7. The summed E-state index contributed by atoms with van der Waals surface area (Å²) in [6, 6.07) is 3.69. The molecule has 0 aromatic heterocycles. The summed E-state index contributed by atoms with van der Waals surface area (Å²) < 4.78 is 13.3. The predicted molar refractivity (Wildman–Crippen MR) is 71.8 cm³/mol. The monoisotopic (exact) mass is 285 g/mol. The molecule has 0 heterocycles. The van der Waals surface area contributed by atoms with Crippen LogP contribution < -0.4 is 5.32 Å². The van der Waals surface area contributed by atoms with Gasteiger partial charge in [-0.3, -0.25) is 4.79 Å². The van der Waals surface area contributed by atoms with Gasteiger partial charge >= 0.3 is 0 Å². The van der Waals surface area contributed by atoms with Crippen molar-refractivity contribution in [1.29, 1.82) is 0 Å². The molecule has 1 amide bonds. The van der Waals surface area contributed by atoms with E-state index < -0.39 is 11.9 Å². The molecule has 2 unspecified atom stereocenters. The molecule has 0 aliphatic heterocycles. The number of hydrogen-bond acceptors (Lipinski definition) is 2. The summed E-state index contributed by atoms with van der Waals surface area (Å²) in [4.78, 5) is 12.0. The molecule has 0 saturated heterocycles. The number of halogens is 2. The average molecular weight is 286 g/mol. The number of hydrogen-bond donors (Lipinski definition) is 2. The Kier molecular flexibility index (Phi) is 4.77. The van der Waals surface area contributed by atoms with Crippen LogP contribution in [0, 0.1) is 5.82 Å². The SMILES string of the molecule is O=C(NC1CCCCCC1O)c1ccc(Cl)c(F)c1. The average Bonchev–Trinajstić information content (AvgIpc) is 2.58. The Morgan fingerprint density at radius 2 is 2.05 bits per heavy atom. The summed E-state index contributed by atoms with van der Waals surface area (Å²) in [5, 5.41) is 12.7. The van der Waals surface area contributed by atoms with Crippen LogP contribution in [-0.4, -0.2) is 23.2 Å². The van der Waals surface area contributed by atoms with Crippen molar-refractivity contribution in [2.45, 2.75) is 44.2 Å². The van der Waals surface area contributed by atoms with Crippen LogP contribution in [0.5, 0.6) is 0 Å². The third-order valence-corrected chi connectivity index (χ3v) is 3.78. The van der Waals surface area contributed by atoms with Crippen molar-refractivity contribution in [3.63, 3.8) is 0 Å². The summed E-state index contributed by atoms with van der Waals surface area (Å²) in [5.41, 5.74) is 0.221. The highest BCUT2D eigenvalue weighted by molar-refractivity contribution is 6.30. The highest BCUT2D eigenvalue weighted by atomic mass is 35.5. The number of rotatable bonds is 2. The number of amides is 1. The molecular formula is C14H17ClFNO2. The Morgan fingerprint density at radius 3 is 2.79 bits per heavy atom. The number of carbonyl (C=O) groups excluding carboxylic acids is 1. The van der Waals surface area contributed by atoms with Gasteiger partial charge in [-0.25, -0.2) is 4.39 Å². The first-order valence-electron chi connectivity index (χ1n) is 6.52. The van der Waals surface area contributed by atoms with Gasteiger partial charge in [0, 0.05) is 5.56 Å². The maximum atomic E-state index is 13.3. The molecule has 2 rings (SSSR count). The largest absolute Gasteiger partial charge is 0.391 e. The lowest BCUT2D eigenvalue weighted by Crippen LogP contribution is -2.42. The molecule has 19 heavy (non-hydrogen) atoms. The Hall–Kier alpha value is -1.13. The topological polar surface area (TPSA) is 49.3 Å². The molecule has 1 saturated carbocycles. The maximum absolute atomic E-state index is 13.3. The first kappa shape index (κ1) is 14.3. The van der Waals surface area contributed by atoms with Crippen LogP contribution in [-0.2, 0) is 0 Å². The minimum Gasteiger partial charge on any atom is -0.391 e. The van der Waals surface area contributed by atoms with E-state index in [1.165, 1.54) is 12.1 Å². The quantitative estimate of drug-likeness (QED) is 0.821. The van der Waals surface area contributed by atoms with Crippen LogP contribution in [0.3, 0.4) is 0 Å². The van der Waals surface area contributed by atoms with E-state index in [1.54, 1.807) is 0 Å². The molecule has 3 nitrogen and oxygen atoms in total. The number of nitrogens with one attached hydrogen (secondary N) is 1. The lowest BCUT2D eigenvalue weighted by molar-refractivity contribution is 0.0818. The van der Waals surface area contributed by atoms with E-state index in [0.29, 0.717) is 6.42 Å². The van der Waals surface area contributed by atoms with Crippen molar-refractivity contribution in [3.05, 3.63) is 34.6 Å². The van der Waals surface area contributed by atoms with Crippen molar-refractivity contribution in [3.8, 4) is 0 Å². The van der Waals surface area contributed by atoms with Gasteiger partial charge in [-0.1, -0.05) is 30.9 Å². The van der Waals surface area contributed by atoms with E-state index in [1.807, 2.05) is 0 Å². The molecule has 1 fully saturated rings. The van der Waals surface area contributed by atoms with E-state index in [4.69, 9.17) is 11.6 Å². The summed E-state index contributed by atoms with van der Waals surface area (Å²) in [7, 11) is 0. The maximum Gasteiger partial charge on any atom is 0.251 e. The molecule has 5 heteroatoms. The zero-order valence-electron chi connectivity index (χ0n) is 10.5. The van der Waals surface area contributed by atoms with Crippen molar-refractivity contribution in [1.82, 2.24) is 5.32 Å². The molecule has 1 aromatic carbocycles. The van der Waals surface area contributed by atoms with Crippen LogP contribution >= 0.6 is 11.6 Å². The lowest BCUT2D eigenvalue weighted by Gasteiger charge is -2.21. The minimum atomic E-state index is -0.615. The first-order chi connectivity index (χ1) is 9.08. The third kappa shape index (κ3) is 3.67. The smallest absolute Gasteiger partial charge is 0.251 e. The van der Waals surface area contributed by atoms with E-state index >= 15 is 0 Å². The molecule has 2 N–H and O–H groups in total. The molecule has 0 radical (unpaired) electrons. The van der Waals surface area contributed by atoms with Crippen LogP contribution in [0.1, 0.15) is 42.5 Å². The van der Waals surface area contributed by atoms with Crippen molar-refractivity contribution in [2.24, 2.45) is 0 Å². The highest BCUT2D eigenvalue weighted by Gasteiger charge is 2.23. The lowest BCUT2D eigenvalue weighted by atomic mass is 10.1. The second kappa shape index (κ2) is 6.35. The zero-order chi connectivity index (χ0) is 13.8. The molecular weight excluding hydrogens is 269 g/mol. The highest BCUT2D eigenvalue weighted by Crippen LogP contribution is 2.19. The van der Waals surface area contributed by atoms with E-state index in [-0.39, 0.29) is 22.5 Å². The molecule has 1 aromatic rings. The molecule has 0 bridgehead atoms. The second-order valence-corrected chi connectivity index (χ2v) is 5.32. The molecule has 1 aliphatic rings. The van der Waals surface area contributed by atoms with E-state index in [9.17, 15) is 14.3 Å².